The van der Waals surface area contributed by atoms with Gasteiger partial charge < -0.3 is 9.88 Å². The number of aromatic nitrogens is 1. The molecule has 2 nitrogen and oxygen atoms in total. The first-order chi connectivity index (χ1) is 8.46. The van der Waals surface area contributed by atoms with Gasteiger partial charge in [0.25, 0.3) is 0 Å². The molecule has 0 spiro atoms. The Morgan fingerprint density at radius 3 is 2.67 bits per heavy atom. The van der Waals surface area contributed by atoms with Crippen molar-refractivity contribution in [1.82, 2.24) is 9.88 Å². The number of hydrogen-bond donors (Lipinski definition) is 1. The quantitative estimate of drug-likeness (QED) is 0.889. The molecule has 1 atom stereocenters. The lowest BCUT2D eigenvalue weighted by Gasteiger charge is -2.16. The van der Waals surface area contributed by atoms with Crippen LogP contribution in [0.4, 0.5) is 13.2 Å². The van der Waals surface area contributed by atoms with Crippen LogP contribution >= 0.6 is 0 Å². The second-order valence-corrected chi connectivity index (χ2v) is 4.42. The molecule has 0 bridgehead atoms. The molecule has 5 heteroatoms. The summed E-state index contributed by atoms with van der Waals surface area (Å²) in [6.45, 7) is 1.32. The van der Waals surface area contributed by atoms with E-state index in [0.717, 1.165) is 10.9 Å². The molecule has 0 aliphatic rings. The molecule has 0 saturated heterocycles. The summed E-state index contributed by atoms with van der Waals surface area (Å²) in [7, 11) is 0. The lowest BCUT2D eigenvalue weighted by Crippen LogP contribution is -2.37. The summed E-state index contributed by atoms with van der Waals surface area (Å²) in [5.74, 6) is 0. The molecule has 0 unspecified atom stereocenters. The Balaban J connectivity index is 2.01. The third kappa shape index (κ3) is 3.26. The van der Waals surface area contributed by atoms with Crippen LogP contribution in [0.2, 0.25) is 0 Å². The van der Waals surface area contributed by atoms with Crippen LogP contribution in [0.25, 0.3) is 10.9 Å². The Bertz CT molecular complexity index is 516. The Kier molecular flexibility index (Phi) is 3.61. The zero-order chi connectivity index (χ0) is 13.2. The maximum atomic E-state index is 12.1. The van der Waals surface area contributed by atoms with Gasteiger partial charge in [0.05, 0.1) is 6.54 Å². The van der Waals surface area contributed by atoms with E-state index in [1.54, 1.807) is 6.92 Å². The Morgan fingerprint density at radius 2 is 1.94 bits per heavy atom. The molecule has 1 heterocycles. The Morgan fingerprint density at radius 1 is 1.22 bits per heavy atom. The molecular formula is C13H15F3N2. The molecule has 18 heavy (non-hydrogen) atoms. The standard InChI is InChI=1S/C13H15F3N2/c1-10(17-9-13(14,15)16)8-18-7-6-11-4-2-3-5-12(11)18/h2-7,10,17H,8-9H2,1H3/t10-/m1/s1. The number of alkyl halides is 3. The van der Waals surface area contributed by atoms with Gasteiger partial charge in [-0.3, -0.25) is 0 Å². The highest BCUT2D eigenvalue weighted by Crippen LogP contribution is 2.16. The summed E-state index contributed by atoms with van der Waals surface area (Å²) in [6, 6.07) is 9.55. The monoisotopic (exact) mass is 256 g/mol. The largest absolute Gasteiger partial charge is 0.401 e. The maximum Gasteiger partial charge on any atom is 0.401 e. The van der Waals surface area contributed by atoms with Crippen molar-refractivity contribution >= 4 is 10.9 Å². The van der Waals surface area contributed by atoms with E-state index in [-0.39, 0.29) is 6.04 Å². The predicted octanol–water partition coefficient (Wildman–Crippen LogP) is 3.18. The molecule has 2 rings (SSSR count). The summed E-state index contributed by atoms with van der Waals surface area (Å²) in [5, 5.41) is 3.58. The second kappa shape index (κ2) is 5.02. The van der Waals surface area contributed by atoms with Gasteiger partial charge in [0.15, 0.2) is 0 Å². The molecule has 2 aromatic rings. The molecule has 0 aliphatic carbocycles. The average Bonchev–Trinajstić information content (AvgIpc) is 2.70. The Hall–Kier alpha value is -1.49. The first-order valence-electron chi connectivity index (χ1n) is 5.80. The SMILES string of the molecule is C[C@H](Cn1ccc2ccccc21)NCC(F)(F)F. The van der Waals surface area contributed by atoms with Crippen LogP contribution in [-0.2, 0) is 6.54 Å². The van der Waals surface area contributed by atoms with Gasteiger partial charge in [-0.05, 0) is 24.4 Å². The number of nitrogens with zero attached hydrogens (tertiary/aromatic N) is 1. The number of halogens is 3. The van der Waals surface area contributed by atoms with Crippen LogP contribution < -0.4 is 5.32 Å². The minimum atomic E-state index is -4.16. The lowest BCUT2D eigenvalue weighted by atomic mass is 10.2. The van der Waals surface area contributed by atoms with Gasteiger partial charge >= 0.3 is 6.18 Å². The fourth-order valence-corrected chi connectivity index (χ4v) is 1.95. The van der Waals surface area contributed by atoms with Crippen LogP contribution in [-0.4, -0.2) is 23.3 Å². The van der Waals surface area contributed by atoms with E-state index in [1.807, 2.05) is 41.1 Å². The van der Waals surface area contributed by atoms with E-state index < -0.39 is 12.7 Å². The smallest absolute Gasteiger partial charge is 0.346 e. The van der Waals surface area contributed by atoms with Gasteiger partial charge in [0.1, 0.15) is 0 Å². The maximum absolute atomic E-state index is 12.1. The van der Waals surface area contributed by atoms with Gasteiger partial charge in [-0.1, -0.05) is 18.2 Å². The fraction of sp³-hybridized carbons (Fsp3) is 0.385. The van der Waals surface area contributed by atoms with Gasteiger partial charge in [0.2, 0.25) is 0 Å². The number of benzene rings is 1. The average molecular weight is 256 g/mol. The van der Waals surface area contributed by atoms with Crippen molar-refractivity contribution in [2.24, 2.45) is 0 Å². The molecular weight excluding hydrogens is 241 g/mol. The van der Waals surface area contributed by atoms with Crippen molar-refractivity contribution in [3.05, 3.63) is 36.5 Å². The van der Waals surface area contributed by atoms with Crippen LogP contribution in [0.3, 0.4) is 0 Å². The first-order valence-corrected chi connectivity index (χ1v) is 5.80. The highest BCUT2D eigenvalue weighted by Gasteiger charge is 2.27. The van der Waals surface area contributed by atoms with E-state index in [1.165, 1.54) is 0 Å². The van der Waals surface area contributed by atoms with Gasteiger partial charge in [-0.25, -0.2) is 0 Å². The van der Waals surface area contributed by atoms with Crippen molar-refractivity contribution < 1.29 is 13.2 Å². The number of para-hydroxylation sites is 1. The normalized spacial score (nSPS) is 14.0. The molecule has 1 N–H and O–H groups in total. The number of rotatable bonds is 4. The molecule has 98 valence electrons. The molecule has 0 aliphatic heterocycles. The van der Waals surface area contributed by atoms with Gasteiger partial charge in [0, 0.05) is 24.3 Å². The minimum absolute atomic E-state index is 0.234. The number of hydrogen-bond acceptors (Lipinski definition) is 1. The zero-order valence-electron chi connectivity index (χ0n) is 10.0. The van der Waals surface area contributed by atoms with Crippen molar-refractivity contribution in [2.45, 2.75) is 25.7 Å². The third-order valence-electron chi connectivity index (χ3n) is 2.80. The molecule has 0 amide bonds. The summed E-state index contributed by atoms with van der Waals surface area (Å²) in [4.78, 5) is 0. The fourth-order valence-electron chi connectivity index (χ4n) is 1.95. The Labute approximate surface area is 103 Å². The molecule has 1 aromatic heterocycles. The molecule has 1 aromatic carbocycles. The van der Waals surface area contributed by atoms with Crippen LogP contribution in [0, 0.1) is 0 Å². The van der Waals surface area contributed by atoms with E-state index in [2.05, 4.69) is 5.32 Å². The molecule has 0 radical (unpaired) electrons. The van der Waals surface area contributed by atoms with E-state index in [4.69, 9.17) is 0 Å². The lowest BCUT2D eigenvalue weighted by molar-refractivity contribution is -0.126. The third-order valence-corrected chi connectivity index (χ3v) is 2.80. The summed E-state index contributed by atoms with van der Waals surface area (Å²) < 4.78 is 38.2. The van der Waals surface area contributed by atoms with E-state index in [9.17, 15) is 13.2 Å². The topological polar surface area (TPSA) is 17.0 Å². The minimum Gasteiger partial charge on any atom is -0.346 e. The van der Waals surface area contributed by atoms with Crippen molar-refractivity contribution in [2.75, 3.05) is 6.54 Å². The molecule has 0 fully saturated rings. The molecule has 0 saturated carbocycles. The van der Waals surface area contributed by atoms with E-state index in [0.29, 0.717) is 6.54 Å². The summed E-state index contributed by atoms with van der Waals surface area (Å²) in [5.41, 5.74) is 1.04. The highest BCUT2D eigenvalue weighted by atomic mass is 19.4. The van der Waals surface area contributed by atoms with Gasteiger partial charge in [-0.15, -0.1) is 0 Å². The zero-order valence-corrected chi connectivity index (χ0v) is 10.0. The summed E-state index contributed by atoms with van der Waals surface area (Å²) >= 11 is 0. The van der Waals surface area contributed by atoms with Crippen LogP contribution in [0.15, 0.2) is 36.5 Å². The van der Waals surface area contributed by atoms with Crippen molar-refractivity contribution in [3.63, 3.8) is 0 Å². The highest BCUT2D eigenvalue weighted by molar-refractivity contribution is 5.79. The van der Waals surface area contributed by atoms with Crippen LogP contribution in [0.1, 0.15) is 6.92 Å². The number of nitrogens with one attached hydrogen (secondary N) is 1. The van der Waals surface area contributed by atoms with Crippen molar-refractivity contribution in [1.29, 1.82) is 0 Å². The van der Waals surface area contributed by atoms with Crippen molar-refractivity contribution in [3.8, 4) is 0 Å². The second-order valence-electron chi connectivity index (χ2n) is 4.42. The van der Waals surface area contributed by atoms with Gasteiger partial charge in [-0.2, -0.15) is 13.2 Å². The first kappa shape index (κ1) is 13.0. The van der Waals surface area contributed by atoms with Crippen LogP contribution in [0.5, 0.6) is 0 Å². The predicted molar refractivity (Wildman–Crippen MR) is 65.5 cm³/mol. The number of fused-ring (bicyclic) bond motifs is 1. The van der Waals surface area contributed by atoms with E-state index >= 15 is 0 Å². The summed E-state index contributed by atoms with van der Waals surface area (Å²) in [6.07, 6.45) is -2.26.